The maximum atomic E-state index is 12.0. The zero-order chi connectivity index (χ0) is 13.0. The minimum atomic E-state index is -0.620. The predicted octanol–water partition coefficient (Wildman–Crippen LogP) is 2.30. The normalized spacial score (nSPS) is 18.3. The Morgan fingerprint density at radius 2 is 1.94 bits per heavy atom. The van der Waals surface area contributed by atoms with Gasteiger partial charge in [0.1, 0.15) is 19.1 Å². The average Bonchev–Trinajstić information content (AvgIpc) is 2.38. The first-order valence-electron chi connectivity index (χ1n) is 5.67. The molecule has 1 aliphatic rings. The van der Waals surface area contributed by atoms with Gasteiger partial charge in [-0.25, -0.2) is 0 Å². The summed E-state index contributed by atoms with van der Waals surface area (Å²) < 4.78 is 15.7. The number of hydrogen-bond acceptors (Lipinski definition) is 4. The molecule has 0 radical (unpaired) electrons. The highest BCUT2D eigenvalue weighted by atomic mass is 35.5. The summed E-state index contributed by atoms with van der Waals surface area (Å²) in [4.78, 5) is 12.0. The third-order valence-electron chi connectivity index (χ3n) is 2.86. The topological polar surface area (TPSA) is 44.8 Å². The van der Waals surface area contributed by atoms with Crippen LogP contribution in [0.1, 0.15) is 6.92 Å². The second-order valence-electron chi connectivity index (χ2n) is 4.54. The van der Waals surface area contributed by atoms with Gasteiger partial charge in [0.05, 0.1) is 18.6 Å². The number of Topliss-reactive ketones (excluding diaryl/α,β-unsaturated/α-hetero) is 1. The average molecular weight is 271 g/mol. The van der Waals surface area contributed by atoms with Crippen molar-refractivity contribution in [2.45, 2.75) is 6.92 Å². The third kappa shape index (κ3) is 3.22. The molecule has 5 heteroatoms. The van der Waals surface area contributed by atoms with Crippen molar-refractivity contribution in [2.75, 3.05) is 26.6 Å². The summed E-state index contributed by atoms with van der Waals surface area (Å²) in [6, 6.07) is 6.89. The van der Waals surface area contributed by atoms with E-state index in [1.165, 1.54) is 0 Å². The largest absolute Gasteiger partial charge is 0.486 e. The number of carbonyl (C=O) groups excluding carboxylic acids is 1. The van der Waals surface area contributed by atoms with E-state index >= 15 is 0 Å². The minimum absolute atomic E-state index is 0.00481. The second-order valence-corrected chi connectivity index (χ2v) is 4.98. The highest BCUT2D eigenvalue weighted by Gasteiger charge is 2.36. The van der Waals surface area contributed by atoms with Gasteiger partial charge in [-0.15, -0.1) is 0 Å². The number of ketones is 1. The van der Waals surface area contributed by atoms with Crippen molar-refractivity contribution in [1.29, 1.82) is 0 Å². The fourth-order valence-electron chi connectivity index (χ4n) is 1.65. The molecule has 1 saturated heterocycles. The number of carbonyl (C=O) groups is 1. The van der Waals surface area contributed by atoms with Gasteiger partial charge in [0.25, 0.3) is 0 Å². The molecular formula is C13H15ClO4. The van der Waals surface area contributed by atoms with Crippen molar-refractivity contribution in [2.24, 2.45) is 5.41 Å². The molecule has 0 N–H and O–H groups in total. The maximum Gasteiger partial charge on any atom is 0.180 e. The quantitative estimate of drug-likeness (QED) is 0.842. The number of halogens is 1. The molecule has 2 rings (SSSR count). The Morgan fingerprint density at radius 1 is 1.33 bits per heavy atom. The molecule has 98 valence electrons. The van der Waals surface area contributed by atoms with E-state index in [0.717, 1.165) is 0 Å². The molecule has 1 heterocycles. The molecule has 4 nitrogen and oxygen atoms in total. The second kappa shape index (κ2) is 5.69. The van der Waals surface area contributed by atoms with Crippen LogP contribution in [0.15, 0.2) is 24.3 Å². The molecule has 0 atom stereocenters. The van der Waals surface area contributed by atoms with Crippen molar-refractivity contribution in [3.05, 3.63) is 29.3 Å². The standard InChI is InChI=1S/C13H15ClO4/c1-13(7-16-9-17-8-13)12(15)6-18-11-4-2-10(14)3-5-11/h2-5H,6-9H2,1H3. The smallest absolute Gasteiger partial charge is 0.180 e. The zero-order valence-corrected chi connectivity index (χ0v) is 10.9. The lowest BCUT2D eigenvalue weighted by atomic mass is 9.87. The van der Waals surface area contributed by atoms with Crippen LogP contribution in [0.2, 0.25) is 5.02 Å². The van der Waals surface area contributed by atoms with Crippen molar-refractivity contribution < 1.29 is 19.0 Å². The maximum absolute atomic E-state index is 12.0. The Hall–Kier alpha value is -1.10. The molecule has 0 amide bonds. The Bertz CT molecular complexity index is 410. The van der Waals surface area contributed by atoms with Crippen LogP contribution in [0.4, 0.5) is 0 Å². The lowest BCUT2D eigenvalue weighted by Crippen LogP contribution is -2.43. The van der Waals surface area contributed by atoms with Gasteiger partial charge in [-0.05, 0) is 31.2 Å². The molecule has 1 aliphatic heterocycles. The van der Waals surface area contributed by atoms with Crippen LogP contribution < -0.4 is 4.74 Å². The van der Waals surface area contributed by atoms with Gasteiger partial charge in [0, 0.05) is 5.02 Å². The molecular weight excluding hydrogens is 256 g/mol. The molecule has 0 aromatic heterocycles. The summed E-state index contributed by atoms with van der Waals surface area (Å²) in [5.41, 5.74) is -0.620. The van der Waals surface area contributed by atoms with E-state index in [1.54, 1.807) is 24.3 Å². The first kappa shape index (κ1) is 13.3. The summed E-state index contributed by atoms with van der Waals surface area (Å²) in [5, 5.41) is 0.634. The van der Waals surface area contributed by atoms with Crippen LogP contribution >= 0.6 is 11.6 Å². The Kier molecular flexibility index (Phi) is 4.22. The van der Waals surface area contributed by atoms with Gasteiger partial charge in [-0.3, -0.25) is 4.79 Å². The molecule has 1 aromatic carbocycles. The van der Waals surface area contributed by atoms with Crippen LogP contribution in [0.25, 0.3) is 0 Å². The van der Waals surface area contributed by atoms with Gasteiger partial charge in [0.2, 0.25) is 0 Å². The Balaban J connectivity index is 1.89. The minimum Gasteiger partial charge on any atom is -0.486 e. The van der Waals surface area contributed by atoms with E-state index in [1.807, 2.05) is 6.92 Å². The van der Waals surface area contributed by atoms with E-state index in [2.05, 4.69) is 0 Å². The molecule has 0 aliphatic carbocycles. The van der Waals surface area contributed by atoms with Gasteiger partial charge in [0.15, 0.2) is 5.78 Å². The predicted molar refractivity (Wildman–Crippen MR) is 66.8 cm³/mol. The van der Waals surface area contributed by atoms with Crippen molar-refractivity contribution >= 4 is 17.4 Å². The van der Waals surface area contributed by atoms with Crippen LogP contribution in [0.3, 0.4) is 0 Å². The number of benzene rings is 1. The molecule has 1 fully saturated rings. The zero-order valence-electron chi connectivity index (χ0n) is 10.1. The first-order chi connectivity index (χ1) is 8.60. The van der Waals surface area contributed by atoms with Gasteiger partial charge < -0.3 is 14.2 Å². The summed E-state index contributed by atoms with van der Waals surface area (Å²) in [6.07, 6.45) is 0. The molecule has 0 unspecified atom stereocenters. The van der Waals surface area contributed by atoms with Crippen molar-refractivity contribution in [3.63, 3.8) is 0 Å². The van der Waals surface area contributed by atoms with Gasteiger partial charge >= 0.3 is 0 Å². The Labute approximate surface area is 111 Å². The summed E-state index contributed by atoms with van der Waals surface area (Å²) >= 11 is 5.76. The van der Waals surface area contributed by atoms with Crippen LogP contribution in [-0.2, 0) is 14.3 Å². The molecule has 18 heavy (non-hydrogen) atoms. The molecule has 0 spiro atoms. The van der Waals surface area contributed by atoms with E-state index in [9.17, 15) is 4.79 Å². The van der Waals surface area contributed by atoms with Crippen molar-refractivity contribution in [1.82, 2.24) is 0 Å². The fraction of sp³-hybridized carbons (Fsp3) is 0.462. The third-order valence-corrected chi connectivity index (χ3v) is 3.12. The highest BCUT2D eigenvalue weighted by molar-refractivity contribution is 6.30. The number of rotatable bonds is 4. The molecule has 0 saturated carbocycles. The van der Waals surface area contributed by atoms with Gasteiger partial charge in [-0.1, -0.05) is 11.6 Å². The monoisotopic (exact) mass is 270 g/mol. The van der Waals surface area contributed by atoms with E-state index in [4.69, 9.17) is 25.8 Å². The fourth-order valence-corrected chi connectivity index (χ4v) is 1.78. The molecule has 1 aromatic rings. The van der Waals surface area contributed by atoms with E-state index in [0.29, 0.717) is 24.0 Å². The van der Waals surface area contributed by atoms with Gasteiger partial charge in [-0.2, -0.15) is 0 Å². The summed E-state index contributed by atoms with van der Waals surface area (Å²) in [7, 11) is 0. The SMILES string of the molecule is CC1(C(=O)COc2ccc(Cl)cc2)COCOC1. The summed E-state index contributed by atoms with van der Waals surface area (Å²) in [5.74, 6) is 0.589. The van der Waals surface area contributed by atoms with Crippen LogP contribution in [0, 0.1) is 5.41 Å². The highest BCUT2D eigenvalue weighted by Crippen LogP contribution is 2.23. The lowest BCUT2D eigenvalue weighted by Gasteiger charge is -2.31. The van der Waals surface area contributed by atoms with Crippen molar-refractivity contribution in [3.8, 4) is 5.75 Å². The number of hydrogen-bond donors (Lipinski definition) is 0. The summed E-state index contributed by atoms with van der Waals surface area (Å²) in [6.45, 7) is 2.82. The Morgan fingerprint density at radius 3 is 2.56 bits per heavy atom. The first-order valence-corrected chi connectivity index (χ1v) is 6.05. The van der Waals surface area contributed by atoms with E-state index in [-0.39, 0.29) is 19.2 Å². The van der Waals surface area contributed by atoms with Crippen LogP contribution in [-0.4, -0.2) is 32.4 Å². The van der Waals surface area contributed by atoms with Crippen LogP contribution in [0.5, 0.6) is 5.75 Å². The number of ether oxygens (including phenoxy) is 3. The molecule has 0 bridgehead atoms. The van der Waals surface area contributed by atoms with E-state index < -0.39 is 5.41 Å². The lowest BCUT2D eigenvalue weighted by molar-refractivity contribution is -0.173.